The van der Waals surface area contributed by atoms with Crippen LogP contribution in [0.25, 0.3) is 44.3 Å². The van der Waals surface area contributed by atoms with Crippen molar-refractivity contribution < 1.29 is 32.9 Å². The average molecular weight is 1180 g/mol. The van der Waals surface area contributed by atoms with Crippen LogP contribution < -0.4 is 15.1 Å². The molecule has 6 fully saturated rings. The van der Waals surface area contributed by atoms with Crippen LogP contribution in [0.1, 0.15) is 107 Å². The third-order valence-corrected chi connectivity index (χ3v) is 18.5. The molecule has 4 aliphatic heterocycles. The number of halogens is 4. The molecule has 2 saturated carbocycles. The summed E-state index contributed by atoms with van der Waals surface area (Å²) in [6.45, 7) is 5.10. The molecule has 4 saturated heterocycles. The standard InChI is InChI=1S/C31H32Cl2N4O3.C17H21N3O2.C14H11Cl2NO2/c1-35-17-24(31(38)39-2)22-11-10-19(14-27(22)35)37-20-8-9-21(37)16-36(15-20)13-12-23-29(34-40-30(23)18-6-7-18)28-25(32)4-3-5-26(28)33;1-19-10-15(17(21)22-2)14-6-5-11(7-16(14)19)20-12-3-4-13(20)9-18-8-12;15-10-2-1-3-11(16)12(10)13-9(6-7-18)14(19-17-13)8-4-5-8/h3-5,10-11,14,17-18,20-21H,6-9,12-13,15-16H2,1-2H3;5-7,10,12-13,18H,3-4,8-9H2,1-2H3;1-3,7-8H,4-6H2. The van der Waals surface area contributed by atoms with Gasteiger partial charge in [0.1, 0.15) is 29.2 Å². The number of aryl methyl sites for hydroxylation is 2. The van der Waals surface area contributed by atoms with E-state index < -0.39 is 0 Å². The number of esters is 2. The second kappa shape index (κ2) is 23.1. The molecular weight excluding hydrogens is 1110 g/mol. The maximum absolute atomic E-state index is 12.2. The first-order chi connectivity index (χ1) is 39.3. The van der Waals surface area contributed by atoms with Crippen molar-refractivity contribution in [1.82, 2.24) is 29.7 Å². The van der Waals surface area contributed by atoms with E-state index in [0.29, 0.717) is 78.5 Å². The summed E-state index contributed by atoms with van der Waals surface area (Å²) in [5.74, 6) is 2.08. The summed E-state index contributed by atoms with van der Waals surface area (Å²) in [6.07, 6.45) is 15.0. The second-order valence-electron chi connectivity index (χ2n) is 22.3. The molecule has 6 aliphatic rings. The van der Waals surface area contributed by atoms with E-state index >= 15 is 0 Å². The summed E-state index contributed by atoms with van der Waals surface area (Å²) in [5.41, 5.74) is 10.6. The van der Waals surface area contributed by atoms with Crippen molar-refractivity contribution in [2.45, 2.75) is 100 Å². The van der Waals surface area contributed by atoms with Crippen LogP contribution in [-0.4, -0.2) is 114 Å². The van der Waals surface area contributed by atoms with E-state index in [0.717, 1.165) is 127 Å². The van der Waals surface area contributed by atoms with Gasteiger partial charge in [-0.15, -0.1) is 0 Å². The number of carbonyl (C=O) groups excluding carboxylic acids is 3. The molecule has 0 radical (unpaired) electrons. The molecule has 4 unspecified atom stereocenters. The molecule has 8 heterocycles. The summed E-state index contributed by atoms with van der Waals surface area (Å²) < 4.78 is 25.2. The van der Waals surface area contributed by atoms with Gasteiger partial charge < -0.3 is 47.6 Å². The highest BCUT2D eigenvalue weighted by Crippen LogP contribution is 2.48. The van der Waals surface area contributed by atoms with Crippen LogP contribution in [0.4, 0.5) is 11.4 Å². The molecule has 422 valence electrons. The fourth-order valence-electron chi connectivity index (χ4n) is 13.0. The van der Waals surface area contributed by atoms with Gasteiger partial charge in [-0.2, -0.15) is 0 Å². The van der Waals surface area contributed by atoms with E-state index in [-0.39, 0.29) is 18.4 Å². The Morgan fingerprint density at radius 3 is 1.49 bits per heavy atom. The molecule has 4 aromatic heterocycles. The Morgan fingerprint density at radius 1 is 0.617 bits per heavy atom. The minimum Gasteiger partial charge on any atom is -0.465 e. The van der Waals surface area contributed by atoms with Gasteiger partial charge in [-0.1, -0.05) is 68.8 Å². The number of methoxy groups -OCH3 is 2. The van der Waals surface area contributed by atoms with Crippen LogP contribution >= 0.6 is 46.4 Å². The number of piperazine rings is 2. The summed E-state index contributed by atoms with van der Waals surface area (Å²) in [4.78, 5) is 42.8. The number of likely N-dealkylation sites (tertiary alicyclic amines) is 1. The van der Waals surface area contributed by atoms with Gasteiger partial charge >= 0.3 is 11.9 Å². The Morgan fingerprint density at radius 2 is 1.05 bits per heavy atom. The van der Waals surface area contributed by atoms with Gasteiger partial charge in [0.15, 0.2) is 0 Å². The highest BCUT2D eigenvalue weighted by atomic mass is 35.5. The van der Waals surface area contributed by atoms with Gasteiger partial charge in [0.05, 0.1) is 56.5 Å². The fourth-order valence-corrected chi connectivity index (χ4v) is 14.2. The maximum Gasteiger partial charge on any atom is 0.340 e. The molecule has 2 aliphatic carbocycles. The zero-order valence-corrected chi connectivity index (χ0v) is 48.8. The van der Waals surface area contributed by atoms with Crippen LogP contribution in [0, 0.1) is 0 Å². The van der Waals surface area contributed by atoms with Crippen LogP contribution in [0.3, 0.4) is 0 Å². The van der Waals surface area contributed by atoms with E-state index in [1.54, 1.807) is 18.2 Å². The van der Waals surface area contributed by atoms with Crippen LogP contribution in [0.15, 0.2) is 94.2 Å². The van der Waals surface area contributed by atoms with Gasteiger partial charge in [-0.05, 0) is 118 Å². The third-order valence-electron chi connectivity index (χ3n) is 17.2. The number of carbonyl (C=O) groups is 3. The second-order valence-corrected chi connectivity index (χ2v) is 23.9. The monoisotopic (exact) mass is 1170 g/mol. The smallest absolute Gasteiger partial charge is 0.340 e. The average Bonchev–Trinajstić information content (AvgIpc) is 4.50. The zero-order valence-electron chi connectivity index (χ0n) is 45.7. The van der Waals surface area contributed by atoms with Crippen molar-refractivity contribution in [2.24, 2.45) is 14.1 Å². The normalized spacial score (nSPS) is 20.3. The Labute approximate surface area is 490 Å². The fraction of sp³-hybridized carbons (Fsp3) is 0.403. The molecule has 81 heavy (non-hydrogen) atoms. The number of hydrogen-bond acceptors (Lipinski definition) is 13. The first-order valence-corrected chi connectivity index (χ1v) is 29.5. The number of nitrogens with zero attached hydrogens (tertiary/aromatic N) is 7. The summed E-state index contributed by atoms with van der Waals surface area (Å²) in [6, 6.07) is 25.8. The minimum absolute atomic E-state index is 0.270. The maximum atomic E-state index is 12.2. The van der Waals surface area contributed by atoms with Gasteiger partial charge in [-0.3, -0.25) is 4.90 Å². The number of aldehydes is 1. The van der Waals surface area contributed by atoms with E-state index in [1.165, 1.54) is 51.3 Å². The van der Waals surface area contributed by atoms with Crippen LogP contribution in [0.2, 0.25) is 20.1 Å². The molecule has 15 nitrogen and oxygen atoms in total. The van der Waals surface area contributed by atoms with Crippen molar-refractivity contribution in [1.29, 1.82) is 0 Å². The lowest BCUT2D eigenvalue weighted by Gasteiger charge is -2.42. The molecule has 4 aromatic carbocycles. The highest BCUT2D eigenvalue weighted by Gasteiger charge is 2.42. The Hall–Kier alpha value is -6.33. The Bertz CT molecular complexity index is 3620. The molecule has 0 amide bonds. The molecule has 4 atom stereocenters. The lowest BCUT2D eigenvalue weighted by molar-refractivity contribution is -0.107. The van der Waals surface area contributed by atoms with E-state index in [2.05, 4.69) is 66.7 Å². The number of ether oxygens (including phenoxy) is 2. The van der Waals surface area contributed by atoms with E-state index in [4.69, 9.17) is 64.9 Å². The van der Waals surface area contributed by atoms with E-state index in [9.17, 15) is 14.4 Å². The van der Waals surface area contributed by atoms with Crippen molar-refractivity contribution in [2.75, 3.05) is 56.7 Å². The number of benzene rings is 4. The number of aromatic nitrogens is 4. The highest BCUT2D eigenvalue weighted by molar-refractivity contribution is 6.39. The predicted octanol–water partition coefficient (Wildman–Crippen LogP) is 12.9. The largest absolute Gasteiger partial charge is 0.465 e. The third kappa shape index (κ3) is 10.7. The topological polar surface area (TPSA) is 153 Å². The van der Waals surface area contributed by atoms with Gasteiger partial charge in [-0.25, -0.2) is 9.59 Å². The van der Waals surface area contributed by atoms with Gasteiger partial charge in [0.2, 0.25) is 0 Å². The first kappa shape index (κ1) is 55.2. The molecule has 4 bridgehead atoms. The van der Waals surface area contributed by atoms with Crippen molar-refractivity contribution in [3.8, 4) is 22.5 Å². The van der Waals surface area contributed by atoms with E-state index in [1.807, 2.05) is 53.8 Å². The SMILES string of the molecule is COC(=O)c1cn(C)c2cc(N3C4CCC3CN(CCc3c(-c5c(Cl)cccc5Cl)noc3C3CC3)C4)ccc12.COC(=O)c1cn(C)c2cc(N3C4CCC3CNC4)ccc12.O=CCc1c(-c2c(Cl)cccc2Cl)noc1C1CC1. The van der Waals surface area contributed by atoms with Crippen LogP contribution in [0.5, 0.6) is 0 Å². The van der Waals surface area contributed by atoms with Gasteiger partial charge in [0, 0.05) is 146 Å². The van der Waals surface area contributed by atoms with Crippen LogP contribution in [-0.2, 0) is 41.2 Å². The summed E-state index contributed by atoms with van der Waals surface area (Å²) >= 11 is 25.5. The van der Waals surface area contributed by atoms with Gasteiger partial charge in [0.25, 0.3) is 0 Å². The summed E-state index contributed by atoms with van der Waals surface area (Å²) in [5, 5.41) is 16.2. The number of rotatable bonds is 13. The molecule has 1 N–H and O–H groups in total. The number of nitrogens with one attached hydrogen (secondary N) is 1. The number of fused-ring (bicyclic) bond motifs is 6. The molecule has 0 spiro atoms. The first-order valence-electron chi connectivity index (χ1n) is 28.0. The van der Waals surface area contributed by atoms with Crippen molar-refractivity contribution >= 4 is 97.8 Å². The molecular formula is C62H64Cl4N8O7. The Balaban J connectivity index is 0.000000133. The Kier molecular flexibility index (Phi) is 15.8. The minimum atomic E-state index is -0.301. The van der Waals surface area contributed by atoms with Crippen molar-refractivity contribution in [3.05, 3.63) is 139 Å². The molecule has 19 heteroatoms. The quantitative estimate of drug-likeness (QED) is 0.0861. The molecule has 14 rings (SSSR count). The number of anilines is 2. The molecule has 8 aromatic rings. The number of hydrogen-bond donors (Lipinski definition) is 1. The predicted molar refractivity (Wildman–Crippen MR) is 318 cm³/mol. The lowest BCUT2D eigenvalue weighted by atomic mass is 10.0. The zero-order chi connectivity index (χ0) is 56.2. The summed E-state index contributed by atoms with van der Waals surface area (Å²) in [7, 11) is 6.81. The lowest BCUT2D eigenvalue weighted by Crippen LogP contribution is -2.54. The van der Waals surface area contributed by atoms with Crippen molar-refractivity contribution in [3.63, 3.8) is 0 Å².